The fourth-order valence-electron chi connectivity index (χ4n) is 2.26. The van der Waals surface area contributed by atoms with Gasteiger partial charge in [-0.05, 0) is 18.2 Å². The van der Waals surface area contributed by atoms with Gasteiger partial charge in [-0.25, -0.2) is 4.98 Å². The van der Waals surface area contributed by atoms with Crippen molar-refractivity contribution in [3.8, 4) is 22.8 Å². The molecule has 0 amide bonds. The smallest absolute Gasteiger partial charge is 0.309 e. The lowest BCUT2D eigenvalue weighted by Crippen LogP contribution is -2.02. The average Bonchev–Trinajstić information content (AvgIpc) is 3.08. The quantitative estimate of drug-likeness (QED) is 0.783. The fourth-order valence-corrected chi connectivity index (χ4v) is 3.13. The molecular weight excluding hydrogens is 304 g/mol. The zero-order chi connectivity index (χ0) is 15.7. The summed E-state index contributed by atoms with van der Waals surface area (Å²) in [6, 6.07) is 5.48. The second-order valence-electron chi connectivity index (χ2n) is 4.64. The van der Waals surface area contributed by atoms with Gasteiger partial charge in [0.2, 0.25) is 0 Å². The third-order valence-corrected chi connectivity index (χ3v) is 4.19. The molecule has 0 spiro atoms. The second kappa shape index (κ2) is 5.69. The molecule has 6 nitrogen and oxygen atoms in total. The number of aromatic nitrogens is 2. The lowest BCUT2D eigenvalue weighted by molar-refractivity contribution is -0.136. The van der Waals surface area contributed by atoms with Crippen LogP contribution in [0.1, 0.15) is 5.69 Å². The molecule has 0 radical (unpaired) electrons. The number of carboxylic acid groups (broad SMARTS) is 1. The molecule has 22 heavy (non-hydrogen) atoms. The number of methoxy groups -OCH3 is 2. The molecule has 1 aromatic carbocycles. The number of rotatable bonds is 5. The van der Waals surface area contributed by atoms with E-state index in [2.05, 4.69) is 4.98 Å². The van der Waals surface area contributed by atoms with E-state index in [0.29, 0.717) is 22.9 Å². The van der Waals surface area contributed by atoms with Gasteiger partial charge in [-0.2, -0.15) is 0 Å². The summed E-state index contributed by atoms with van der Waals surface area (Å²) in [5.74, 6) is 0.526. The number of imidazole rings is 1. The Labute approximate surface area is 130 Å². The van der Waals surface area contributed by atoms with Crippen molar-refractivity contribution in [3.63, 3.8) is 0 Å². The minimum atomic E-state index is -0.867. The number of ether oxygens (including phenoxy) is 2. The van der Waals surface area contributed by atoms with Crippen molar-refractivity contribution in [3.05, 3.63) is 35.5 Å². The Morgan fingerprint density at radius 1 is 1.36 bits per heavy atom. The molecule has 0 aliphatic carbocycles. The molecule has 2 aromatic heterocycles. The molecule has 0 saturated heterocycles. The summed E-state index contributed by atoms with van der Waals surface area (Å²) in [4.78, 5) is 16.2. The van der Waals surface area contributed by atoms with Gasteiger partial charge < -0.3 is 14.6 Å². The summed E-state index contributed by atoms with van der Waals surface area (Å²) in [6.45, 7) is 0. The summed E-state index contributed by atoms with van der Waals surface area (Å²) in [7, 11) is 3.20. The monoisotopic (exact) mass is 318 g/mol. The summed E-state index contributed by atoms with van der Waals surface area (Å²) in [6.07, 6.45) is 1.78. The van der Waals surface area contributed by atoms with Gasteiger partial charge >= 0.3 is 5.97 Å². The van der Waals surface area contributed by atoms with E-state index < -0.39 is 5.97 Å². The van der Waals surface area contributed by atoms with Crippen molar-refractivity contribution in [1.29, 1.82) is 0 Å². The highest BCUT2D eigenvalue weighted by Crippen LogP contribution is 2.34. The van der Waals surface area contributed by atoms with Crippen molar-refractivity contribution in [2.75, 3.05) is 14.2 Å². The Morgan fingerprint density at radius 3 is 2.86 bits per heavy atom. The van der Waals surface area contributed by atoms with Crippen molar-refractivity contribution in [1.82, 2.24) is 9.38 Å². The van der Waals surface area contributed by atoms with Gasteiger partial charge in [0.05, 0.1) is 26.3 Å². The summed E-state index contributed by atoms with van der Waals surface area (Å²) < 4.78 is 12.4. The molecule has 0 unspecified atom stereocenters. The third-order valence-electron chi connectivity index (χ3n) is 3.30. The molecule has 0 aliphatic rings. The van der Waals surface area contributed by atoms with E-state index in [9.17, 15) is 4.79 Å². The maximum atomic E-state index is 10.9. The molecule has 0 aliphatic heterocycles. The maximum absolute atomic E-state index is 10.9. The van der Waals surface area contributed by atoms with Crippen LogP contribution < -0.4 is 9.47 Å². The zero-order valence-corrected chi connectivity index (χ0v) is 12.9. The molecule has 114 valence electrons. The molecule has 1 N–H and O–H groups in total. The van der Waals surface area contributed by atoms with Gasteiger partial charge in [-0.1, -0.05) is 0 Å². The van der Waals surface area contributed by atoms with Crippen molar-refractivity contribution in [2.24, 2.45) is 0 Å². The van der Waals surface area contributed by atoms with Crippen molar-refractivity contribution in [2.45, 2.75) is 6.42 Å². The SMILES string of the molecule is COc1ccc(OC)c(-c2cn3c(CC(=O)O)csc3n2)c1. The van der Waals surface area contributed by atoms with Crippen LogP contribution in [0.3, 0.4) is 0 Å². The van der Waals surface area contributed by atoms with Gasteiger partial charge in [-0.15, -0.1) is 11.3 Å². The largest absolute Gasteiger partial charge is 0.497 e. The Morgan fingerprint density at radius 2 is 2.18 bits per heavy atom. The zero-order valence-electron chi connectivity index (χ0n) is 12.1. The first-order valence-corrected chi connectivity index (χ1v) is 7.40. The minimum Gasteiger partial charge on any atom is -0.497 e. The van der Waals surface area contributed by atoms with Gasteiger partial charge in [0, 0.05) is 22.8 Å². The number of nitrogens with zero attached hydrogens (tertiary/aromatic N) is 2. The lowest BCUT2D eigenvalue weighted by Gasteiger charge is -2.08. The van der Waals surface area contributed by atoms with Crippen LogP contribution in [-0.4, -0.2) is 34.7 Å². The highest BCUT2D eigenvalue weighted by molar-refractivity contribution is 7.15. The predicted octanol–water partition coefficient (Wildman–Crippen LogP) is 2.71. The Balaban J connectivity index is 2.10. The second-order valence-corrected chi connectivity index (χ2v) is 5.48. The summed E-state index contributed by atoms with van der Waals surface area (Å²) >= 11 is 1.41. The van der Waals surface area contributed by atoms with Crippen LogP contribution in [0.5, 0.6) is 11.5 Å². The van der Waals surface area contributed by atoms with Gasteiger partial charge in [0.15, 0.2) is 4.96 Å². The van der Waals surface area contributed by atoms with E-state index in [1.807, 2.05) is 29.8 Å². The molecule has 3 rings (SSSR count). The van der Waals surface area contributed by atoms with Crippen LogP contribution >= 0.6 is 11.3 Å². The molecule has 7 heteroatoms. The highest BCUT2D eigenvalue weighted by Gasteiger charge is 2.15. The van der Waals surface area contributed by atoms with E-state index in [-0.39, 0.29) is 6.42 Å². The summed E-state index contributed by atoms with van der Waals surface area (Å²) in [5, 5.41) is 10.8. The Bertz CT molecular complexity index is 837. The van der Waals surface area contributed by atoms with E-state index in [1.54, 1.807) is 18.6 Å². The molecule has 0 atom stereocenters. The van der Waals surface area contributed by atoms with E-state index in [1.165, 1.54) is 11.3 Å². The molecular formula is C15H14N2O4S. The van der Waals surface area contributed by atoms with E-state index >= 15 is 0 Å². The molecule has 0 bridgehead atoms. The minimum absolute atomic E-state index is 0.0367. The average molecular weight is 318 g/mol. The van der Waals surface area contributed by atoms with Crippen molar-refractivity contribution >= 4 is 22.3 Å². The molecule has 2 heterocycles. The normalized spacial score (nSPS) is 10.8. The number of carbonyl (C=O) groups is 1. The van der Waals surface area contributed by atoms with Crippen molar-refractivity contribution < 1.29 is 19.4 Å². The maximum Gasteiger partial charge on any atom is 0.309 e. The molecule has 0 fully saturated rings. The van der Waals surface area contributed by atoms with Crippen LogP contribution in [0, 0.1) is 0 Å². The van der Waals surface area contributed by atoms with E-state index in [4.69, 9.17) is 14.6 Å². The number of fused-ring (bicyclic) bond motifs is 1. The van der Waals surface area contributed by atoms with Crippen LogP contribution in [0.25, 0.3) is 16.2 Å². The number of hydrogen-bond donors (Lipinski definition) is 1. The molecule has 0 saturated carbocycles. The third kappa shape index (κ3) is 2.50. The fraction of sp³-hybridized carbons (Fsp3) is 0.200. The standard InChI is InChI=1S/C15H14N2O4S/c1-20-10-3-4-13(21-2)11(6-10)12-7-17-9(5-14(18)19)8-22-15(17)16-12/h3-4,6-8H,5H2,1-2H3,(H,18,19). The van der Waals surface area contributed by atoms with Crippen LogP contribution in [-0.2, 0) is 11.2 Å². The van der Waals surface area contributed by atoms with Crippen LogP contribution in [0.2, 0.25) is 0 Å². The predicted molar refractivity (Wildman–Crippen MR) is 82.9 cm³/mol. The topological polar surface area (TPSA) is 73.1 Å². The first kappa shape index (κ1) is 14.4. The number of aliphatic carboxylic acids is 1. The van der Waals surface area contributed by atoms with E-state index in [0.717, 1.165) is 10.5 Å². The van der Waals surface area contributed by atoms with Gasteiger partial charge in [0.1, 0.15) is 11.5 Å². The van der Waals surface area contributed by atoms with Crippen LogP contribution in [0.4, 0.5) is 0 Å². The highest BCUT2D eigenvalue weighted by atomic mass is 32.1. The first-order chi connectivity index (χ1) is 10.6. The summed E-state index contributed by atoms with van der Waals surface area (Å²) in [5.41, 5.74) is 2.22. The lowest BCUT2D eigenvalue weighted by atomic mass is 10.1. The van der Waals surface area contributed by atoms with Gasteiger partial charge in [-0.3, -0.25) is 9.20 Å². The number of carboxylic acids is 1. The Hall–Kier alpha value is -2.54. The van der Waals surface area contributed by atoms with Crippen LogP contribution in [0.15, 0.2) is 29.8 Å². The Kier molecular flexibility index (Phi) is 3.72. The number of hydrogen-bond acceptors (Lipinski definition) is 5. The number of thiazole rings is 1. The van der Waals surface area contributed by atoms with Gasteiger partial charge in [0.25, 0.3) is 0 Å². The molecule has 3 aromatic rings. The first-order valence-electron chi connectivity index (χ1n) is 6.52. The number of benzene rings is 1.